The van der Waals surface area contributed by atoms with Gasteiger partial charge in [-0.1, -0.05) is 6.07 Å². The molecule has 0 radical (unpaired) electrons. The van der Waals surface area contributed by atoms with Crippen LogP contribution in [0.4, 0.5) is 0 Å². The maximum absolute atomic E-state index is 4.27. The zero-order valence-corrected chi connectivity index (χ0v) is 7.69. The van der Waals surface area contributed by atoms with Gasteiger partial charge in [-0.25, -0.2) is 4.98 Å². The molecule has 0 aliphatic rings. The number of thiophene rings is 1. The van der Waals surface area contributed by atoms with Crippen LogP contribution >= 0.6 is 11.3 Å². The molecular formula is C9H10N2S. The van der Waals surface area contributed by atoms with Gasteiger partial charge in [0.25, 0.3) is 0 Å². The molecule has 0 amide bonds. The average molecular weight is 178 g/mol. The van der Waals surface area contributed by atoms with E-state index in [1.165, 1.54) is 10.9 Å². The third-order valence-electron chi connectivity index (χ3n) is 1.80. The van der Waals surface area contributed by atoms with E-state index in [2.05, 4.69) is 21.7 Å². The first kappa shape index (κ1) is 7.71. The summed E-state index contributed by atoms with van der Waals surface area (Å²) in [6.07, 6.45) is 1.84. The Morgan fingerprint density at radius 3 is 3.33 bits per heavy atom. The van der Waals surface area contributed by atoms with E-state index in [0.29, 0.717) is 0 Å². The van der Waals surface area contributed by atoms with Gasteiger partial charge < -0.3 is 5.32 Å². The number of hydrogen-bond donors (Lipinski definition) is 1. The van der Waals surface area contributed by atoms with E-state index in [-0.39, 0.29) is 0 Å². The van der Waals surface area contributed by atoms with Gasteiger partial charge in [-0.05, 0) is 24.1 Å². The van der Waals surface area contributed by atoms with Gasteiger partial charge >= 0.3 is 0 Å². The van der Waals surface area contributed by atoms with Crippen LogP contribution in [0, 0.1) is 0 Å². The van der Waals surface area contributed by atoms with Crippen LogP contribution in [0.25, 0.3) is 10.2 Å². The molecule has 0 fully saturated rings. The fraction of sp³-hybridized carbons (Fsp3) is 0.222. The first-order valence-electron chi connectivity index (χ1n) is 3.87. The molecule has 62 valence electrons. The summed E-state index contributed by atoms with van der Waals surface area (Å²) in [6.45, 7) is 0.922. The maximum atomic E-state index is 4.27. The molecule has 2 nitrogen and oxygen atoms in total. The molecule has 0 aromatic carbocycles. The Bertz CT molecular complexity index is 381. The molecule has 2 heterocycles. The first-order valence-corrected chi connectivity index (χ1v) is 4.75. The van der Waals surface area contributed by atoms with Crippen molar-refractivity contribution in [2.24, 2.45) is 0 Å². The SMILES string of the molecule is CNCc1csc2ncccc12. The Balaban J connectivity index is 2.55. The molecule has 0 unspecified atom stereocenters. The third-order valence-corrected chi connectivity index (χ3v) is 2.75. The Kier molecular flexibility index (Phi) is 2.06. The molecule has 1 N–H and O–H groups in total. The fourth-order valence-corrected chi connectivity index (χ4v) is 2.16. The molecule has 0 saturated carbocycles. The van der Waals surface area contributed by atoms with Crippen molar-refractivity contribution in [1.82, 2.24) is 10.3 Å². The lowest BCUT2D eigenvalue weighted by atomic mass is 10.2. The molecule has 0 aliphatic heterocycles. The van der Waals surface area contributed by atoms with Crippen molar-refractivity contribution < 1.29 is 0 Å². The van der Waals surface area contributed by atoms with Crippen LogP contribution in [0.15, 0.2) is 23.7 Å². The highest BCUT2D eigenvalue weighted by molar-refractivity contribution is 7.16. The molecule has 0 aliphatic carbocycles. The van der Waals surface area contributed by atoms with E-state index < -0.39 is 0 Å². The van der Waals surface area contributed by atoms with Crippen LogP contribution in [0.5, 0.6) is 0 Å². The summed E-state index contributed by atoms with van der Waals surface area (Å²) in [7, 11) is 1.96. The number of nitrogens with zero attached hydrogens (tertiary/aromatic N) is 1. The standard InChI is InChI=1S/C9H10N2S/c1-10-5-7-6-12-9-8(7)3-2-4-11-9/h2-4,6,10H,5H2,1H3. The van der Waals surface area contributed by atoms with E-state index in [1.54, 1.807) is 11.3 Å². The summed E-state index contributed by atoms with van der Waals surface area (Å²) in [6, 6.07) is 4.10. The quantitative estimate of drug-likeness (QED) is 0.761. The summed E-state index contributed by atoms with van der Waals surface area (Å²) in [5.74, 6) is 0. The lowest BCUT2D eigenvalue weighted by molar-refractivity contribution is 0.826. The minimum Gasteiger partial charge on any atom is -0.316 e. The number of pyridine rings is 1. The van der Waals surface area contributed by atoms with Crippen LogP contribution < -0.4 is 5.32 Å². The number of fused-ring (bicyclic) bond motifs is 1. The minimum atomic E-state index is 0.922. The maximum Gasteiger partial charge on any atom is 0.123 e. The molecule has 3 heteroatoms. The van der Waals surface area contributed by atoms with Crippen molar-refractivity contribution in [3.05, 3.63) is 29.3 Å². The second-order valence-electron chi connectivity index (χ2n) is 2.65. The smallest absolute Gasteiger partial charge is 0.123 e. The molecule has 2 aromatic rings. The Morgan fingerprint density at radius 2 is 2.50 bits per heavy atom. The summed E-state index contributed by atoms with van der Waals surface area (Å²) in [5.41, 5.74) is 1.34. The first-order chi connectivity index (χ1) is 5.92. The van der Waals surface area contributed by atoms with Crippen LogP contribution in [-0.2, 0) is 6.54 Å². The predicted molar refractivity (Wildman–Crippen MR) is 52.4 cm³/mol. The van der Waals surface area contributed by atoms with Crippen molar-refractivity contribution >= 4 is 21.6 Å². The van der Waals surface area contributed by atoms with Gasteiger partial charge in [-0.15, -0.1) is 11.3 Å². The van der Waals surface area contributed by atoms with Crippen molar-refractivity contribution in [2.75, 3.05) is 7.05 Å². The number of hydrogen-bond acceptors (Lipinski definition) is 3. The highest BCUT2D eigenvalue weighted by Crippen LogP contribution is 2.22. The molecule has 2 aromatic heterocycles. The summed E-state index contributed by atoms with van der Waals surface area (Å²) < 4.78 is 0. The Labute approximate surface area is 75.3 Å². The fourth-order valence-electron chi connectivity index (χ4n) is 1.25. The predicted octanol–water partition coefficient (Wildman–Crippen LogP) is 2.02. The van der Waals surface area contributed by atoms with Gasteiger partial charge in [-0.2, -0.15) is 0 Å². The number of nitrogens with one attached hydrogen (secondary N) is 1. The molecular weight excluding hydrogens is 168 g/mol. The van der Waals surface area contributed by atoms with E-state index in [0.717, 1.165) is 11.4 Å². The molecule has 12 heavy (non-hydrogen) atoms. The summed E-state index contributed by atoms with van der Waals surface area (Å²) in [4.78, 5) is 5.40. The van der Waals surface area contributed by atoms with E-state index in [4.69, 9.17) is 0 Å². The van der Waals surface area contributed by atoms with Crippen LogP contribution in [0.1, 0.15) is 5.56 Å². The largest absolute Gasteiger partial charge is 0.316 e. The minimum absolute atomic E-state index is 0.922. The highest BCUT2D eigenvalue weighted by Gasteiger charge is 2.01. The zero-order chi connectivity index (χ0) is 8.39. The zero-order valence-electron chi connectivity index (χ0n) is 6.87. The number of aromatic nitrogens is 1. The van der Waals surface area contributed by atoms with Gasteiger partial charge in [0.1, 0.15) is 4.83 Å². The molecule has 0 bridgehead atoms. The molecule has 2 rings (SSSR count). The lowest BCUT2D eigenvalue weighted by Gasteiger charge is -1.95. The lowest BCUT2D eigenvalue weighted by Crippen LogP contribution is -2.03. The van der Waals surface area contributed by atoms with Gasteiger partial charge in [0.05, 0.1) is 0 Å². The monoisotopic (exact) mass is 178 g/mol. The van der Waals surface area contributed by atoms with Gasteiger partial charge in [-0.3, -0.25) is 0 Å². The van der Waals surface area contributed by atoms with Crippen LogP contribution in [-0.4, -0.2) is 12.0 Å². The Morgan fingerprint density at radius 1 is 1.58 bits per heavy atom. The van der Waals surface area contributed by atoms with E-state index in [1.807, 2.05) is 19.3 Å². The second kappa shape index (κ2) is 3.21. The van der Waals surface area contributed by atoms with Crippen molar-refractivity contribution in [2.45, 2.75) is 6.54 Å². The van der Waals surface area contributed by atoms with E-state index in [9.17, 15) is 0 Å². The number of rotatable bonds is 2. The molecule has 0 saturated heterocycles. The van der Waals surface area contributed by atoms with Crippen molar-refractivity contribution in [3.63, 3.8) is 0 Å². The van der Waals surface area contributed by atoms with Gasteiger partial charge in [0, 0.05) is 18.1 Å². The van der Waals surface area contributed by atoms with Crippen LogP contribution in [0.2, 0.25) is 0 Å². The van der Waals surface area contributed by atoms with Crippen molar-refractivity contribution in [3.8, 4) is 0 Å². The Hall–Kier alpha value is -0.930. The third kappa shape index (κ3) is 1.21. The molecule has 0 spiro atoms. The van der Waals surface area contributed by atoms with Crippen LogP contribution in [0.3, 0.4) is 0 Å². The average Bonchev–Trinajstić information content (AvgIpc) is 2.50. The van der Waals surface area contributed by atoms with Gasteiger partial charge in [0.15, 0.2) is 0 Å². The van der Waals surface area contributed by atoms with E-state index >= 15 is 0 Å². The normalized spacial score (nSPS) is 10.8. The molecule has 0 atom stereocenters. The second-order valence-corrected chi connectivity index (χ2v) is 3.51. The topological polar surface area (TPSA) is 24.9 Å². The summed E-state index contributed by atoms with van der Waals surface area (Å²) >= 11 is 1.70. The van der Waals surface area contributed by atoms with Crippen molar-refractivity contribution in [1.29, 1.82) is 0 Å². The highest BCUT2D eigenvalue weighted by atomic mass is 32.1. The van der Waals surface area contributed by atoms with Gasteiger partial charge in [0.2, 0.25) is 0 Å². The summed E-state index contributed by atoms with van der Waals surface area (Å²) in [5, 5.41) is 6.58.